The van der Waals surface area contributed by atoms with E-state index in [4.69, 9.17) is 10.8 Å². The van der Waals surface area contributed by atoms with Crippen LogP contribution in [0.3, 0.4) is 0 Å². The smallest absolute Gasteiger partial charge is 0.319 e. The van der Waals surface area contributed by atoms with Crippen LogP contribution in [0.15, 0.2) is 65.6 Å². The topological polar surface area (TPSA) is 147 Å². The molecule has 0 spiro atoms. The lowest BCUT2D eigenvalue weighted by Crippen LogP contribution is -2.38. The molecule has 33 heavy (non-hydrogen) atoms. The predicted octanol–water partition coefficient (Wildman–Crippen LogP) is 2.69. The average Bonchev–Trinajstić information content (AvgIpc) is 3.62. The number of carbonyl (C=O) groups excluding carboxylic acids is 1. The molecule has 9 nitrogen and oxygen atoms in total. The number of sulfone groups is 1. The van der Waals surface area contributed by atoms with Gasteiger partial charge in [0.1, 0.15) is 10.6 Å². The van der Waals surface area contributed by atoms with E-state index in [9.17, 15) is 13.2 Å². The molecule has 2 amide bonds. The Bertz CT molecular complexity index is 1260. The number of hydrogen-bond acceptors (Lipinski definition) is 7. The van der Waals surface area contributed by atoms with Gasteiger partial charge in [-0.1, -0.05) is 18.2 Å². The van der Waals surface area contributed by atoms with Crippen molar-refractivity contribution in [2.24, 2.45) is 0 Å². The third-order valence-corrected chi connectivity index (χ3v) is 8.08. The summed E-state index contributed by atoms with van der Waals surface area (Å²) in [7, 11) is -3.65. The monoisotopic (exact) mass is 467 g/mol. The molecule has 3 aromatic rings. The van der Waals surface area contributed by atoms with Gasteiger partial charge in [-0.3, -0.25) is 0 Å². The zero-order valence-corrected chi connectivity index (χ0v) is 18.8. The molecule has 4 rings (SSSR count). The summed E-state index contributed by atoms with van der Waals surface area (Å²) in [6.07, 6.45) is 0.925. The number of hydrogen-bond donors (Lipinski definition) is 4. The molecule has 1 aliphatic rings. The van der Waals surface area contributed by atoms with Crippen molar-refractivity contribution < 1.29 is 18.3 Å². The number of anilines is 2. The average molecular weight is 468 g/mol. The lowest BCUT2D eigenvalue weighted by atomic mass is 10.1. The lowest BCUT2D eigenvalue weighted by molar-refractivity contribution is 0.229. The second-order valence-corrected chi connectivity index (χ2v) is 10.3. The first-order valence-corrected chi connectivity index (χ1v) is 12.0. The SMILES string of the molecule is C[C@H](CO)NC(=O)Nc1ccc(-c2nc(N)cc(C3(S(=O)(=O)c4ccccc4)CC3)n2)cc1. The number of aromatic nitrogens is 2. The van der Waals surface area contributed by atoms with Crippen molar-refractivity contribution in [2.75, 3.05) is 17.7 Å². The molecule has 2 aromatic carbocycles. The lowest BCUT2D eigenvalue weighted by Gasteiger charge is -2.17. The summed E-state index contributed by atoms with van der Waals surface area (Å²) >= 11 is 0. The van der Waals surface area contributed by atoms with E-state index in [1.165, 1.54) is 6.07 Å². The number of nitrogen functional groups attached to an aromatic ring is 1. The fourth-order valence-corrected chi connectivity index (χ4v) is 5.56. The summed E-state index contributed by atoms with van der Waals surface area (Å²) in [5.41, 5.74) is 7.58. The van der Waals surface area contributed by atoms with Crippen molar-refractivity contribution in [3.8, 4) is 11.4 Å². The maximum Gasteiger partial charge on any atom is 0.319 e. The van der Waals surface area contributed by atoms with Crippen LogP contribution < -0.4 is 16.4 Å². The predicted molar refractivity (Wildman–Crippen MR) is 125 cm³/mol. The Morgan fingerprint density at radius 1 is 1.12 bits per heavy atom. The van der Waals surface area contributed by atoms with E-state index in [-0.39, 0.29) is 23.4 Å². The highest BCUT2D eigenvalue weighted by Gasteiger charge is 2.57. The Morgan fingerprint density at radius 2 is 1.79 bits per heavy atom. The number of nitrogens with zero attached hydrogens (tertiary/aromatic N) is 2. The van der Waals surface area contributed by atoms with Crippen LogP contribution in [-0.4, -0.2) is 42.2 Å². The first-order chi connectivity index (χ1) is 15.7. The summed E-state index contributed by atoms with van der Waals surface area (Å²) < 4.78 is 25.6. The Balaban J connectivity index is 1.60. The molecule has 1 aromatic heterocycles. The van der Waals surface area contributed by atoms with E-state index in [2.05, 4.69) is 20.6 Å². The molecule has 0 saturated heterocycles. The minimum absolute atomic E-state index is 0.164. The number of carbonyl (C=O) groups is 1. The molecule has 0 aliphatic heterocycles. The molecule has 0 unspecified atom stereocenters. The van der Waals surface area contributed by atoms with Crippen molar-refractivity contribution in [1.82, 2.24) is 15.3 Å². The van der Waals surface area contributed by atoms with E-state index in [0.29, 0.717) is 35.6 Å². The number of benzene rings is 2. The van der Waals surface area contributed by atoms with Gasteiger partial charge in [0, 0.05) is 17.3 Å². The second kappa shape index (κ2) is 8.80. The summed E-state index contributed by atoms with van der Waals surface area (Å²) in [5, 5.41) is 14.3. The van der Waals surface area contributed by atoms with Crippen molar-refractivity contribution in [1.29, 1.82) is 0 Å². The number of urea groups is 1. The van der Waals surface area contributed by atoms with Crippen molar-refractivity contribution in [2.45, 2.75) is 35.4 Å². The van der Waals surface area contributed by atoms with Crippen molar-refractivity contribution in [3.63, 3.8) is 0 Å². The standard InChI is InChI=1S/C23H25N5O4S/c1-15(14-29)25-22(30)26-17-9-7-16(8-10-17)21-27-19(13-20(24)28-21)23(11-12-23)33(31,32)18-5-3-2-4-6-18/h2-10,13,15,29H,11-12,14H2,1H3,(H2,24,27,28)(H2,25,26,30)/t15-/m1/s1. The van der Waals surface area contributed by atoms with Crippen LogP contribution >= 0.6 is 0 Å². The minimum atomic E-state index is -3.65. The van der Waals surface area contributed by atoms with Gasteiger partial charge in [0.25, 0.3) is 0 Å². The molecule has 1 saturated carbocycles. The third-order valence-electron chi connectivity index (χ3n) is 5.54. The number of rotatable bonds is 7. The van der Waals surface area contributed by atoms with Gasteiger partial charge in [-0.05, 0) is 56.2 Å². The number of amides is 2. The molecule has 1 fully saturated rings. The van der Waals surface area contributed by atoms with Gasteiger partial charge in [0.2, 0.25) is 0 Å². The maximum atomic E-state index is 13.4. The Hall–Kier alpha value is -3.50. The highest BCUT2D eigenvalue weighted by Crippen LogP contribution is 2.54. The Labute approximate surface area is 192 Å². The van der Waals surface area contributed by atoms with E-state index < -0.39 is 20.6 Å². The number of aliphatic hydroxyl groups excluding tert-OH is 1. The number of aliphatic hydroxyl groups is 1. The van der Waals surface area contributed by atoms with E-state index in [0.717, 1.165) is 0 Å². The van der Waals surface area contributed by atoms with Crippen LogP contribution in [0.4, 0.5) is 16.3 Å². The number of nitrogens with two attached hydrogens (primary N) is 1. The van der Waals surface area contributed by atoms with Crippen LogP contribution in [0.5, 0.6) is 0 Å². The van der Waals surface area contributed by atoms with Gasteiger partial charge in [0.05, 0.1) is 23.2 Å². The van der Waals surface area contributed by atoms with Crippen LogP contribution in [0, 0.1) is 0 Å². The summed E-state index contributed by atoms with van der Waals surface area (Å²) in [4.78, 5) is 21.0. The highest BCUT2D eigenvalue weighted by atomic mass is 32.2. The van der Waals surface area contributed by atoms with Gasteiger partial charge in [-0.2, -0.15) is 0 Å². The van der Waals surface area contributed by atoms with Crippen LogP contribution in [0.1, 0.15) is 25.5 Å². The van der Waals surface area contributed by atoms with Crippen LogP contribution in [0.25, 0.3) is 11.4 Å². The minimum Gasteiger partial charge on any atom is -0.394 e. The zero-order valence-electron chi connectivity index (χ0n) is 18.0. The normalized spacial score (nSPS) is 15.5. The molecule has 1 heterocycles. The quantitative estimate of drug-likeness (QED) is 0.418. The molecular formula is C23H25N5O4S. The molecular weight excluding hydrogens is 442 g/mol. The maximum absolute atomic E-state index is 13.4. The number of nitrogens with one attached hydrogen (secondary N) is 2. The van der Waals surface area contributed by atoms with Gasteiger partial charge in [-0.15, -0.1) is 0 Å². The molecule has 1 atom stereocenters. The first kappa shape index (κ1) is 22.7. The molecule has 5 N–H and O–H groups in total. The molecule has 0 radical (unpaired) electrons. The van der Waals surface area contributed by atoms with Crippen LogP contribution in [0.2, 0.25) is 0 Å². The second-order valence-electron chi connectivity index (χ2n) is 8.07. The summed E-state index contributed by atoms with van der Waals surface area (Å²) in [6.45, 7) is 1.52. The summed E-state index contributed by atoms with van der Waals surface area (Å²) in [6, 6.07) is 15.9. The van der Waals surface area contributed by atoms with Crippen LogP contribution in [-0.2, 0) is 14.6 Å². The fraction of sp³-hybridized carbons (Fsp3) is 0.261. The van der Waals surface area contributed by atoms with Crippen molar-refractivity contribution in [3.05, 3.63) is 66.4 Å². The zero-order chi connectivity index (χ0) is 23.6. The largest absolute Gasteiger partial charge is 0.394 e. The fourth-order valence-electron chi connectivity index (χ4n) is 3.57. The summed E-state index contributed by atoms with van der Waals surface area (Å²) in [5.74, 6) is 0.494. The van der Waals surface area contributed by atoms with Gasteiger partial charge < -0.3 is 21.5 Å². The van der Waals surface area contributed by atoms with Crippen molar-refractivity contribution >= 4 is 27.4 Å². The van der Waals surface area contributed by atoms with E-state index in [1.807, 2.05) is 0 Å². The molecule has 0 bridgehead atoms. The highest BCUT2D eigenvalue weighted by molar-refractivity contribution is 7.92. The Morgan fingerprint density at radius 3 is 2.39 bits per heavy atom. The van der Waals surface area contributed by atoms with Gasteiger partial charge in [-0.25, -0.2) is 23.2 Å². The van der Waals surface area contributed by atoms with Gasteiger partial charge in [0.15, 0.2) is 15.7 Å². The van der Waals surface area contributed by atoms with E-state index >= 15 is 0 Å². The third kappa shape index (κ3) is 4.53. The van der Waals surface area contributed by atoms with E-state index in [1.54, 1.807) is 61.5 Å². The molecule has 1 aliphatic carbocycles. The van der Waals surface area contributed by atoms with Gasteiger partial charge >= 0.3 is 6.03 Å². The Kier molecular flexibility index (Phi) is 6.05. The molecule has 172 valence electrons. The molecule has 10 heteroatoms. The first-order valence-electron chi connectivity index (χ1n) is 10.5.